The highest BCUT2D eigenvalue weighted by Gasteiger charge is 2.49. The van der Waals surface area contributed by atoms with Crippen LogP contribution in [0.5, 0.6) is 0 Å². The minimum atomic E-state index is -0.217. The summed E-state index contributed by atoms with van der Waals surface area (Å²) in [4.78, 5) is 21.8. The predicted octanol–water partition coefficient (Wildman–Crippen LogP) is 2.82. The predicted molar refractivity (Wildman–Crippen MR) is 110 cm³/mol. The Morgan fingerprint density at radius 3 is 2.96 bits per heavy atom. The van der Waals surface area contributed by atoms with Crippen LogP contribution in [-0.2, 0) is 11.3 Å². The first-order chi connectivity index (χ1) is 12.2. The number of hydrogen-bond donors (Lipinski definition) is 2. The minimum Gasteiger partial charge on any atom is -0.351 e. The fourth-order valence-electron chi connectivity index (χ4n) is 4.43. The number of fused-ring (bicyclic) bond motifs is 1. The number of nitrogens with zero attached hydrogens (tertiary/aromatic N) is 3. The van der Waals surface area contributed by atoms with Crippen molar-refractivity contribution in [2.24, 2.45) is 11.3 Å². The van der Waals surface area contributed by atoms with Gasteiger partial charge in [-0.05, 0) is 38.3 Å². The summed E-state index contributed by atoms with van der Waals surface area (Å²) in [5, 5.41) is 6.64. The van der Waals surface area contributed by atoms with E-state index in [1.807, 2.05) is 29.8 Å². The Labute approximate surface area is 172 Å². The van der Waals surface area contributed by atoms with Crippen LogP contribution in [0.3, 0.4) is 0 Å². The number of rotatable bonds is 4. The van der Waals surface area contributed by atoms with Crippen molar-refractivity contribution in [1.82, 2.24) is 25.2 Å². The second-order valence-electron chi connectivity index (χ2n) is 7.24. The van der Waals surface area contributed by atoms with E-state index in [0.717, 1.165) is 49.6 Å². The molecule has 0 bridgehead atoms. The third kappa shape index (κ3) is 3.98. The number of carbonyl (C=O) groups excluding carboxylic acids is 1. The van der Waals surface area contributed by atoms with E-state index in [1.54, 1.807) is 12.4 Å². The smallest absolute Gasteiger partial charge is 0.228 e. The molecule has 1 aliphatic heterocycles. The molecular formula is C19H27Cl2N5O. The van der Waals surface area contributed by atoms with E-state index >= 15 is 0 Å². The van der Waals surface area contributed by atoms with E-state index in [4.69, 9.17) is 0 Å². The molecule has 1 saturated carbocycles. The molecule has 2 atom stereocenters. The molecule has 1 saturated heterocycles. The van der Waals surface area contributed by atoms with Crippen molar-refractivity contribution in [3.63, 3.8) is 0 Å². The Kier molecular flexibility index (Phi) is 7.25. The Morgan fingerprint density at radius 2 is 2.19 bits per heavy atom. The van der Waals surface area contributed by atoms with Gasteiger partial charge in [-0.15, -0.1) is 24.8 Å². The van der Waals surface area contributed by atoms with Crippen molar-refractivity contribution in [2.45, 2.75) is 39.2 Å². The van der Waals surface area contributed by atoms with Gasteiger partial charge in [0.2, 0.25) is 5.91 Å². The zero-order chi connectivity index (χ0) is 17.3. The monoisotopic (exact) mass is 411 g/mol. The molecule has 2 N–H and O–H groups in total. The number of aromatic nitrogens is 3. The third-order valence-corrected chi connectivity index (χ3v) is 5.85. The first-order valence-electron chi connectivity index (χ1n) is 9.14. The van der Waals surface area contributed by atoms with Gasteiger partial charge in [0.05, 0.1) is 5.41 Å². The normalized spacial score (nSPS) is 23.7. The average molecular weight is 412 g/mol. The molecule has 2 fully saturated rings. The van der Waals surface area contributed by atoms with E-state index in [2.05, 4.69) is 20.6 Å². The van der Waals surface area contributed by atoms with Crippen molar-refractivity contribution < 1.29 is 4.79 Å². The molecule has 2 aliphatic rings. The quantitative estimate of drug-likeness (QED) is 0.810. The second kappa shape index (κ2) is 9.04. The van der Waals surface area contributed by atoms with Gasteiger partial charge >= 0.3 is 0 Å². The lowest BCUT2D eigenvalue weighted by Crippen LogP contribution is -2.47. The number of nitrogens with one attached hydrogen (secondary N) is 2. The highest BCUT2D eigenvalue weighted by molar-refractivity contribution is 5.85. The van der Waals surface area contributed by atoms with E-state index in [1.165, 1.54) is 6.42 Å². The summed E-state index contributed by atoms with van der Waals surface area (Å²) in [6.07, 6.45) is 9.99. The van der Waals surface area contributed by atoms with Crippen LogP contribution in [0.15, 0.2) is 30.7 Å². The van der Waals surface area contributed by atoms with Crippen LogP contribution in [0.2, 0.25) is 0 Å². The van der Waals surface area contributed by atoms with Gasteiger partial charge in [0, 0.05) is 37.2 Å². The molecular weight excluding hydrogens is 385 g/mol. The Bertz CT molecular complexity index is 781. The first-order valence-corrected chi connectivity index (χ1v) is 9.14. The number of pyridine rings is 1. The molecule has 4 rings (SSSR count). The molecule has 0 spiro atoms. The Hall–Kier alpha value is -1.63. The average Bonchev–Trinajstić information content (AvgIpc) is 3.26. The number of imidazole rings is 1. The Balaban J connectivity index is 0.00000131. The van der Waals surface area contributed by atoms with Gasteiger partial charge in [-0.1, -0.05) is 18.9 Å². The molecule has 0 radical (unpaired) electrons. The number of hydrogen-bond acceptors (Lipinski definition) is 4. The molecule has 1 aliphatic carbocycles. The van der Waals surface area contributed by atoms with Crippen LogP contribution in [0.1, 0.15) is 37.1 Å². The van der Waals surface area contributed by atoms with E-state index < -0.39 is 0 Å². The standard InChI is InChI=1S/C19H25N5O.2ClH/c1-14-21-9-10-24(14)17-15(5-4-8-22-17)11-23-18(25)19-7-3-2-6-16(19)12-20-13-19;;/h4-5,8-10,16,20H,2-3,6-7,11-13H2,1H3,(H,23,25);2*1H/t16-,19+;;/m0../s1. The van der Waals surface area contributed by atoms with Gasteiger partial charge in [-0.2, -0.15) is 0 Å². The number of amides is 1. The van der Waals surface area contributed by atoms with Crippen molar-refractivity contribution in [3.8, 4) is 5.82 Å². The van der Waals surface area contributed by atoms with Gasteiger partial charge in [0.25, 0.3) is 0 Å². The largest absolute Gasteiger partial charge is 0.351 e. The first kappa shape index (κ1) is 21.7. The third-order valence-electron chi connectivity index (χ3n) is 5.85. The SMILES string of the molecule is Cc1nccn1-c1ncccc1CNC(=O)[C@@]12CCCC[C@H]1CNC2.Cl.Cl. The summed E-state index contributed by atoms with van der Waals surface area (Å²) in [5.41, 5.74) is 0.789. The van der Waals surface area contributed by atoms with Crippen LogP contribution in [-0.4, -0.2) is 33.5 Å². The summed E-state index contributed by atoms with van der Waals surface area (Å²) < 4.78 is 1.96. The molecule has 8 heteroatoms. The van der Waals surface area contributed by atoms with E-state index in [0.29, 0.717) is 12.5 Å². The fourth-order valence-corrected chi connectivity index (χ4v) is 4.43. The zero-order valence-corrected chi connectivity index (χ0v) is 17.1. The van der Waals surface area contributed by atoms with Gasteiger partial charge < -0.3 is 10.6 Å². The fraction of sp³-hybridized carbons (Fsp3) is 0.526. The number of carbonyl (C=O) groups is 1. The maximum absolute atomic E-state index is 13.0. The van der Waals surface area contributed by atoms with Gasteiger partial charge in [-0.25, -0.2) is 9.97 Å². The lowest BCUT2D eigenvalue weighted by molar-refractivity contribution is -0.134. The highest BCUT2D eigenvalue weighted by Crippen LogP contribution is 2.43. The lowest BCUT2D eigenvalue weighted by atomic mass is 9.67. The Morgan fingerprint density at radius 1 is 1.33 bits per heavy atom. The molecule has 6 nitrogen and oxygen atoms in total. The van der Waals surface area contributed by atoms with Gasteiger partial charge in [0.1, 0.15) is 11.6 Å². The van der Waals surface area contributed by atoms with Crippen molar-refractivity contribution in [3.05, 3.63) is 42.1 Å². The maximum atomic E-state index is 13.0. The summed E-state index contributed by atoms with van der Waals surface area (Å²) >= 11 is 0. The van der Waals surface area contributed by atoms with Crippen molar-refractivity contribution in [1.29, 1.82) is 0 Å². The van der Waals surface area contributed by atoms with Gasteiger partial charge in [-0.3, -0.25) is 9.36 Å². The lowest BCUT2D eigenvalue weighted by Gasteiger charge is -2.37. The molecule has 3 heterocycles. The van der Waals surface area contributed by atoms with Crippen LogP contribution in [0.4, 0.5) is 0 Å². The molecule has 148 valence electrons. The minimum absolute atomic E-state index is 0. The molecule has 2 aromatic rings. The summed E-state index contributed by atoms with van der Waals surface area (Å²) in [6, 6.07) is 3.93. The van der Waals surface area contributed by atoms with Crippen LogP contribution in [0.25, 0.3) is 5.82 Å². The van der Waals surface area contributed by atoms with Crippen LogP contribution in [0, 0.1) is 18.3 Å². The molecule has 27 heavy (non-hydrogen) atoms. The summed E-state index contributed by atoms with van der Waals surface area (Å²) in [7, 11) is 0. The zero-order valence-electron chi connectivity index (χ0n) is 15.5. The van der Waals surface area contributed by atoms with E-state index in [-0.39, 0.29) is 36.1 Å². The summed E-state index contributed by atoms with van der Waals surface area (Å²) in [5.74, 6) is 2.39. The van der Waals surface area contributed by atoms with Crippen LogP contribution < -0.4 is 10.6 Å². The second-order valence-corrected chi connectivity index (χ2v) is 7.24. The molecule has 0 unspecified atom stereocenters. The topological polar surface area (TPSA) is 71.8 Å². The van der Waals surface area contributed by atoms with Crippen molar-refractivity contribution in [2.75, 3.05) is 13.1 Å². The highest BCUT2D eigenvalue weighted by atomic mass is 35.5. The summed E-state index contributed by atoms with van der Waals surface area (Å²) in [6.45, 7) is 4.23. The molecule has 0 aromatic carbocycles. The van der Waals surface area contributed by atoms with Crippen LogP contribution >= 0.6 is 24.8 Å². The molecule has 2 aromatic heterocycles. The maximum Gasteiger partial charge on any atom is 0.228 e. The van der Waals surface area contributed by atoms with Gasteiger partial charge in [0.15, 0.2) is 0 Å². The molecule has 1 amide bonds. The number of aryl methyl sites for hydroxylation is 1. The van der Waals surface area contributed by atoms with Crippen molar-refractivity contribution >= 4 is 30.7 Å². The van der Waals surface area contributed by atoms with E-state index in [9.17, 15) is 4.79 Å². The number of halogens is 2.